The summed E-state index contributed by atoms with van der Waals surface area (Å²) in [6, 6.07) is 7.02. The molecule has 0 amide bonds. The molecule has 0 saturated carbocycles. The molecule has 0 unspecified atom stereocenters. The molecule has 5 heteroatoms. The Bertz CT molecular complexity index is 700. The summed E-state index contributed by atoms with van der Waals surface area (Å²) in [4.78, 5) is 25.4. The predicted octanol–water partition coefficient (Wildman–Crippen LogP) is 1.81. The topological polar surface area (TPSA) is 79.4 Å². The molecule has 1 aromatic heterocycles. The van der Waals surface area contributed by atoms with Crippen molar-refractivity contribution in [2.75, 3.05) is 6.61 Å². The summed E-state index contributed by atoms with van der Waals surface area (Å²) in [6.45, 7) is 1.97. The van der Waals surface area contributed by atoms with Crippen molar-refractivity contribution in [3.63, 3.8) is 0 Å². The Hall–Kier alpha value is -2.56. The molecular formula is C14H13NO4. The first-order chi connectivity index (χ1) is 9.13. The highest BCUT2D eigenvalue weighted by atomic mass is 16.5. The van der Waals surface area contributed by atoms with Crippen LogP contribution in [0.1, 0.15) is 12.5 Å². The smallest absolute Gasteiger partial charge is 0.330 e. The van der Waals surface area contributed by atoms with Gasteiger partial charge in [-0.3, -0.25) is 4.79 Å². The van der Waals surface area contributed by atoms with Crippen LogP contribution in [0.25, 0.3) is 17.0 Å². The molecule has 19 heavy (non-hydrogen) atoms. The van der Waals surface area contributed by atoms with Crippen LogP contribution >= 0.6 is 0 Å². The van der Waals surface area contributed by atoms with Gasteiger partial charge in [-0.05, 0) is 19.1 Å². The van der Waals surface area contributed by atoms with E-state index in [0.29, 0.717) is 16.5 Å². The summed E-state index contributed by atoms with van der Waals surface area (Å²) >= 11 is 0. The second kappa shape index (κ2) is 5.39. The van der Waals surface area contributed by atoms with Gasteiger partial charge in [0.1, 0.15) is 0 Å². The van der Waals surface area contributed by atoms with Crippen LogP contribution in [0.5, 0.6) is 5.75 Å². The van der Waals surface area contributed by atoms with E-state index in [-0.39, 0.29) is 6.61 Å². The number of benzene rings is 1. The van der Waals surface area contributed by atoms with Crippen LogP contribution in [0.4, 0.5) is 0 Å². The number of aromatic amines is 1. The van der Waals surface area contributed by atoms with Gasteiger partial charge in [-0.2, -0.15) is 0 Å². The van der Waals surface area contributed by atoms with E-state index in [9.17, 15) is 14.7 Å². The van der Waals surface area contributed by atoms with E-state index >= 15 is 0 Å². The van der Waals surface area contributed by atoms with Gasteiger partial charge in [-0.25, -0.2) is 4.79 Å². The maximum Gasteiger partial charge on any atom is 0.330 e. The minimum absolute atomic E-state index is 0.269. The van der Waals surface area contributed by atoms with Crippen molar-refractivity contribution in [3.05, 3.63) is 46.3 Å². The Morgan fingerprint density at radius 3 is 2.89 bits per heavy atom. The molecule has 2 rings (SSSR count). The van der Waals surface area contributed by atoms with Crippen molar-refractivity contribution < 1.29 is 14.6 Å². The number of fused-ring (bicyclic) bond motifs is 1. The first-order valence-corrected chi connectivity index (χ1v) is 5.82. The van der Waals surface area contributed by atoms with Crippen LogP contribution in [0.3, 0.4) is 0 Å². The van der Waals surface area contributed by atoms with Gasteiger partial charge in [0.2, 0.25) is 0 Å². The maximum absolute atomic E-state index is 11.6. The van der Waals surface area contributed by atoms with E-state index in [2.05, 4.69) is 4.98 Å². The van der Waals surface area contributed by atoms with E-state index in [0.717, 1.165) is 0 Å². The molecule has 2 aromatic rings. The zero-order valence-electron chi connectivity index (χ0n) is 10.3. The third-order valence-corrected chi connectivity index (χ3v) is 2.61. The molecule has 0 atom stereocenters. The molecule has 0 radical (unpaired) electrons. The van der Waals surface area contributed by atoms with E-state index in [1.807, 2.05) is 0 Å². The number of esters is 1. The summed E-state index contributed by atoms with van der Waals surface area (Å²) in [5.41, 5.74) is 0.295. The van der Waals surface area contributed by atoms with Crippen molar-refractivity contribution in [1.82, 2.24) is 4.98 Å². The molecule has 0 aliphatic carbocycles. The van der Waals surface area contributed by atoms with Gasteiger partial charge < -0.3 is 14.8 Å². The monoisotopic (exact) mass is 259 g/mol. The molecule has 0 saturated heterocycles. The van der Waals surface area contributed by atoms with Crippen molar-refractivity contribution >= 4 is 22.9 Å². The number of hydrogen-bond acceptors (Lipinski definition) is 4. The molecule has 0 spiro atoms. The molecule has 1 aromatic carbocycles. The summed E-state index contributed by atoms with van der Waals surface area (Å²) in [5, 5.41) is 10.4. The molecular weight excluding hydrogens is 246 g/mol. The molecule has 0 bridgehead atoms. The lowest BCUT2D eigenvalue weighted by Crippen LogP contribution is -2.07. The number of nitrogens with one attached hydrogen (secondary N) is 1. The third-order valence-electron chi connectivity index (χ3n) is 2.61. The summed E-state index contributed by atoms with van der Waals surface area (Å²) in [6.07, 6.45) is 2.56. The van der Waals surface area contributed by atoms with Crippen LogP contribution in [-0.2, 0) is 9.53 Å². The Labute approximate surface area is 109 Å². The number of carbonyl (C=O) groups is 1. The van der Waals surface area contributed by atoms with Crippen LogP contribution in [0.2, 0.25) is 0 Å². The molecule has 0 aliphatic rings. The summed E-state index contributed by atoms with van der Waals surface area (Å²) in [7, 11) is 0. The zero-order chi connectivity index (χ0) is 13.8. The number of para-hydroxylation sites is 1. The van der Waals surface area contributed by atoms with Crippen molar-refractivity contribution in [2.45, 2.75) is 6.92 Å². The summed E-state index contributed by atoms with van der Waals surface area (Å²) < 4.78 is 4.75. The molecule has 1 heterocycles. The van der Waals surface area contributed by atoms with Gasteiger partial charge in [-0.15, -0.1) is 0 Å². The average Bonchev–Trinajstić information content (AvgIpc) is 2.39. The second-order valence-corrected chi connectivity index (χ2v) is 3.85. The zero-order valence-corrected chi connectivity index (χ0v) is 10.3. The molecule has 2 N–H and O–H groups in total. The number of pyridine rings is 1. The lowest BCUT2D eigenvalue weighted by molar-refractivity contribution is -0.137. The fourth-order valence-electron chi connectivity index (χ4n) is 1.77. The number of hydrogen-bond donors (Lipinski definition) is 2. The first kappa shape index (κ1) is 12.9. The van der Waals surface area contributed by atoms with Crippen LogP contribution in [0, 0.1) is 0 Å². The van der Waals surface area contributed by atoms with Crippen molar-refractivity contribution in [2.24, 2.45) is 0 Å². The average molecular weight is 259 g/mol. The highest BCUT2D eigenvalue weighted by molar-refractivity contribution is 5.94. The van der Waals surface area contributed by atoms with E-state index in [1.54, 1.807) is 31.2 Å². The number of ether oxygens (including phenoxy) is 1. The van der Waals surface area contributed by atoms with Crippen LogP contribution in [-0.4, -0.2) is 22.7 Å². The van der Waals surface area contributed by atoms with Gasteiger partial charge in [0, 0.05) is 22.5 Å². The lowest BCUT2D eigenvalue weighted by Gasteiger charge is -2.04. The number of aromatic nitrogens is 1. The standard InChI is InChI=1S/C14H13NO4/c1-2-19-12(16)8-7-10-9-5-3-4-6-11(9)15-14(18)13(10)17/h3-8,17H,2H2,1H3,(H,15,18)/b8-7+. The normalized spacial score (nSPS) is 11.0. The molecule has 0 aliphatic heterocycles. The Kier molecular flexibility index (Phi) is 3.66. The molecule has 0 fully saturated rings. The minimum Gasteiger partial charge on any atom is -0.503 e. The third kappa shape index (κ3) is 2.65. The van der Waals surface area contributed by atoms with Gasteiger partial charge in [0.15, 0.2) is 5.75 Å². The highest BCUT2D eigenvalue weighted by Crippen LogP contribution is 2.23. The number of carbonyl (C=O) groups excluding carboxylic acids is 1. The SMILES string of the molecule is CCOC(=O)/C=C/c1c(O)c(=O)[nH]c2ccccc12. The van der Waals surface area contributed by atoms with E-state index in [1.165, 1.54) is 12.2 Å². The summed E-state index contributed by atoms with van der Waals surface area (Å²) in [5.74, 6) is -0.939. The minimum atomic E-state index is -0.595. The fourth-order valence-corrected chi connectivity index (χ4v) is 1.77. The highest BCUT2D eigenvalue weighted by Gasteiger charge is 2.09. The largest absolute Gasteiger partial charge is 0.503 e. The number of rotatable bonds is 3. The first-order valence-electron chi connectivity index (χ1n) is 5.82. The second-order valence-electron chi connectivity index (χ2n) is 3.85. The van der Waals surface area contributed by atoms with Crippen LogP contribution in [0.15, 0.2) is 35.1 Å². The predicted molar refractivity (Wildman–Crippen MR) is 71.9 cm³/mol. The van der Waals surface area contributed by atoms with Crippen molar-refractivity contribution in [1.29, 1.82) is 0 Å². The Balaban J connectivity index is 2.55. The van der Waals surface area contributed by atoms with Gasteiger partial charge in [0.05, 0.1) is 6.61 Å². The molecule has 5 nitrogen and oxygen atoms in total. The number of aromatic hydroxyl groups is 1. The van der Waals surface area contributed by atoms with E-state index < -0.39 is 17.3 Å². The van der Waals surface area contributed by atoms with Crippen LogP contribution < -0.4 is 5.56 Å². The number of H-pyrrole nitrogens is 1. The van der Waals surface area contributed by atoms with Crippen molar-refractivity contribution in [3.8, 4) is 5.75 Å². The maximum atomic E-state index is 11.6. The van der Waals surface area contributed by atoms with Gasteiger partial charge in [-0.1, -0.05) is 18.2 Å². The quantitative estimate of drug-likeness (QED) is 0.650. The Morgan fingerprint density at radius 2 is 2.16 bits per heavy atom. The molecule has 98 valence electrons. The van der Waals surface area contributed by atoms with E-state index in [4.69, 9.17) is 4.74 Å². The lowest BCUT2D eigenvalue weighted by atomic mass is 10.1. The Morgan fingerprint density at radius 1 is 1.42 bits per heavy atom. The van der Waals surface area contributed by atoms with Gasteiger partial charge in [0.25, 0.3) is 5.56 Å². The van der Waals surface area contributed by atoms with Gasteiger partial charge >= 0.3 is 5.97 Å². The fraction of sp³-hybridized carbons (Fsp3) is 0.143.